The van der Waals surface area contributed by atoms with E-state index in [1.54, 1.807) is 12.1 Å². The lowest BCUT2D eigenvalue weighted by Crippen LogP contribution is -2.20. The third-order valence-corrected chi connectivity index (χ3v) is 4.29. The first-order valence-electron chi connectivity index (χ1n) is 8.28. The zero-order valence-electron chi connectivity index (χ0n) is 14.4. The van der Waals surface area contributed by atoms with Gasteiger partial charge in [0.25, 0.3) is 0 Å². The molecule has 0 radical (unpaired) electrons. The highest BCUT2D eigenvalue weighted by Gasteiger charge is 2.18. The van der Waals surface area contributed by atoms with Crippen LogP contribution in [0.5, 0.6) is 0 Å². The Hall–Kier alpha value is -2.88. The first kappa shape index (κ1) is 17.0. The number of anilines is 1. The molecule has 0 saturated heterocycles. The van der Waals surface area contributed by atoms with E-state index in [1.165, 1.54) is 12.1 Å². The summed E-state index contributed by atoms with van der Waals surface area (Å²) in [5.41, 5.74) is 3.85. The van der Waals surface area contributed by atoms with Gasteiger partial charge in [-0.1, -0.05) is 24.3 Å². The molecule has 3 nitrogen and oxygen atoms in total. The molecule has 0 spiro atoms. The van der Waals surface area contributed by atoms with E-state index in [0.717, 1.165) is 22.4 Å². The number of nitrogens with one attached hydrogen (secondary N) is 1. The molecule has 1 aromatic heterocycles. The Bertz CT molecular complexity index is 854. The van der Waals surface area contributed by atoms with Gasteiger partial charge in [0.1, 0.15) is 5.82 Å². The number of hydrogen-bond acceptors (Lipinski definition) is 1. The van der Waals surface area contributed by atoms with Crippen LogP contribution >= 0.6 is 0 Å². The Morgan fingerprint density at radius 2 is 1.76 bits per heavy atom. The molecule has 0 unspecified atom stereocenters. The minimum absolute atomic E-state index is 0.0725. The number of carbonyl (C=O) groups is 1. The average molecular weight is 336 g/mol. The van der Waals surface area contributed by atoms with E-state index in [-0.39, 0.29) is 24.2 Å². The van der Waals surface area contributed by atoms with Crippen molar-refractivity contribution in [2.24, 2.45) is 0 Å². The standard InChI is InChI=1S/C21H21FN2O/c1-15-5-6-16(2)19(13-15)23-21(25)14-20(24-11-3-4-12-24)17-7-9-18(22)10-8-17/h3-13,20H,14H2,1-2H3,(H,23,25)/t20-/m1/s1. The van der Waals surface area contributed by atoms with Crippen molar-refractivity contribution in [2.45, 2.75) is 26.3 Å². The maximum Gasteiger partial charge on any atom is 0.226 e. The molecule has 0 fully saturated rings. The van der Waals surface area contributed by atoms with Gasteiger partial charge in [-0.3, -0.25) is 4.79 Å². The fraction of sp³-hybridized carbons (Fsp3) is 0.190. The normalized spacial score (nSPS) is 12.0. The second kappa shape index (κ2) is 7.34. The Labute approximate surface area is 147 Å². The van der Waals surface area contributed by atoms with Crippen LogP contribution < -0.4 is 5.32 Å². The van der Waals surface area contributed by atoms with Gasteiger partial charge in [0.05, 0.1) is 12.5 Å². The molecule has 1 heterocycles. The van der Waals surface area contributed by atoms with Crippen molar-refractivity contribution in [1.29, 1.82) is 0 Å². The number of nitrogens with zero attached hydrogens (tertiary/aromatic N) is 1. The minimum atomic E-state index is -0.283. The zero-order valence-corrected chi connectivity index (χ0v) is 14.4. The van der Waals surface area contributed by atoms with Crippen molar-refractivity contribution in [2.75, 3.05) is 5.32 Å². The van der Waals surface area contributed by atoms with Crippen molar-refractivity contribution in [1.82, 2.24) is 4.57 Å². The van der Waals surface area contributed by atoms with Crippen LogP contribution in [0, 0.1) is 19.7 Å². The summed E-state index contributed by atoms with van der Waals surface area (Å²) in [6, 6.07) is 15.9. The van der Waals surface area contributed by atoms with Gasteiger partial charge >= 0.3 is 0 Å². The Morgan fingerprint density at radius 3 is 2.44 bits per heavy atom. The van der Waals surface area contributed by atoms with Gasteiger partial charge in [0, 0.05) is 18.1 Å². The fourth-order valence-electron chi connectivity index (χ4n) is 2.88. The molecule has 0 aliphatic carbocycles. The first-order valence-corrected chi connectivity index (χ1v) is 8.28. The molecule has 1 amide bonds. The van der Waals surface area contributed by atoms with Gasteiger partial charge in [-0.15, -0.1) is 0 Å². The van der Waals surface area contributed by atoms with Gasteiger partial charge < -0.3 is 9.88 Å². The summed E-state index contributed by atoms with van der Waals surface area (Å²) in [6.45, 7) is 3.97. The van der Waals surface area contributed by atoms with Crippen molar-refractivity contribution >= 4 is 11.6 Å². The van der Waals surface area contributed by atoms with Crippen LogP contribution in [0.15, 0.2) is 67.0 Å². The van der Waals surface area contributed by atoms with Crippen LogP contribution in [-0.2, 0) is 4.79 Å². The molecule has 25 heavy (non-hydrogen) atoms. The first-order chi connectivity index (χ1) is 12.0. The summed E-state index contributed by atoms with van der Waals surface area (Å²) in [5.74, 6) is -0.355. The molecular formula is C21H21FN2O. The monoisotopic (exact) mass is 336 g/mol. The maximum absolute atomic E-state index is 13.2. The molecule has 2 aromatic carbocycles. The van der Waals surface area contributed by atoms with Crippen molar-refractivity contribution in [3.05, 3.63) is 89.5 Å². The molecule has 1 N–H and O–H groups in total. The summed E-state index contributed by atoms with van der Waals surface area (Å²) in [5, 5.41) is 3.00. The number of aryl methyl sites for hydroxylation is 2. The van der Waals surface area contributed by atoms with Gasteiger partial charge in [0.2, 0.25) is 5.91 Å². The lowest BCUT2D eigenvalue weighted by Gasteiger charge is -2.20. The van der Waals surface area contributed by atoms with Crippen molar-refractivity contribution < 1.29 is 9.18 Å². The quantitative estimate of drug-likeness (QED) is 0.709. The molecule has 3 aromatic rings. The number of amides is 1. The Balaban J connectivity index is 1.81. The topological polar surface area (TPSA) is 34.0 Å². The second-order valence-electron chi connectivity index (χ2n) is 6.27. The van der Waals surface area contributed by atoms with Gasteiger partial charge in [-0.2, -0.15) is 0 Å². The molecule has 0 aliphatic rings. The van der Waals surface area contributed by atoms with E-state index < -0.39 is 0 Å². The van der Waals surface area contributed by atoms with Crippen LogP contribution in [0.1, 0.15) is 29.2 Å². The lowest BCUT2D eigenvalue weighted by atomic mass is 10.0. The minimum Gasteiger partial charge on any atom is -0.346 e. The number of aromatic nitrogens is 1. The Kier molecular flexibility index (Phi) is 4.98. The molecule has 0 bridgehead atoms. The highest BCUT2D eigenvalue weighted by Crippen LogP contribution is 2.24. The smallest absolute Gasteiger partial charge is 0.226 e. The largest absolute Gasteiger partial charge is 0.346 e. The summed E-state index contributed by atoms with van der Waals surface area (Å²) in [6.07, 6.45) is 4.10. The summed E-state index contributed by atoms with van der Waals surface area (Å²) in [4.78, 5) is 12.6. The van der Waals surface area contributed by atoms with Crippen LogP contribution in [-0.4, -0.2) is 10.5 Å². The van der Waals surface area contributed by atoms with Gasteiger partial charge in [-0.25, -0.2) is 4.39 Å². The molecule has 0 saturated carbocycles. The van der Waals surface area contributed by atoms with E-state index in [1.807, 2.05) is 61.1 Å². The van der Waals surface area contributed by atoms with E-state index in [2.05, 4.69) is 5.32 Å². The highest BCUT2D eigenvalue weighted by atomic mass is 19.1. The van der Waals surface area contributed by atoms with E-state index >= 15 is 0 Å². The summed E-state index contributed by atoms with van der Waals surface area (Å²) in [7, 11) is 0. The third-order valence-electron chi connectivity index (χ3n) is 4.29. The van der Waals surface area contributed by atoms with E-state index in [9.17, 15) is 9.18 Å². The molecule has 0 aliphatic heterocycles. The van der Waals surface area contributed by atoms with Crippen molar-refractivity contribution in [3.8, 4) is 0 Å². The zero-order chi connectivity index (χ0) is 17.8. The van der Waals surface area contributed by atoms with Crippen molar-refractivity contribution in [3.63, 3.8) is 0 Å². The third kappa shape index (κ3) is 4.15. The number of carbonyl (C=O) groups excluding carboxylic acids is 1. The maximum atomic E-state index is 13.2. The number of halogens is 1. The molecule has 3 rings (SSSR count). The van der Waals surface area contributed by atoms with Gasteiger partial charge in [0.15, 0.2) is 0 Å². The predicted octanol–water partition coefficient (Wildman–Crippen LogP) is 4.86. The summed E-state index contributed by atoms with van der Waals surface area (Å²) >= 11 is 0. The second-order valence-corrected chi connectivity index (χ2v) is 6.27. The summed E-state index contributed by atoms with van der Waals surface area (Å²) < 4.78 is 15.2. The lowest BCUT2D eigenvalue weighted by molar-refractivity contribution is -0.116. The van der Waals surface area contributed by atoms with Crippen LogP contribution in [0.2, 0.25) is 0 Å². The van der Waals surface area contributed by atoms with E-state index in [0.29, 0.717) is 0 Å². The Morgan fingerprint density at radius 1 is 1.08 bits per heavy atom. The highest BCUT2D eigenvalue weighted by molar-refractivity contribution is 5.92. The number of hydrogen-bond donors (Lipinski definition) is 1. The number of rotatable bonds is 5. The molecular weight excluding hydrogens is 315 g/mol. The predicted molar refractivity (Wildman–Crippen MR) is 98.1 cm³/mol. The van der Waals surface area contributed by atoms with Crippen LogP contribution in [0.25, 0.3) is 0 Å². The molecule has 4 heteroatoms. The van der Waals surface area contributed by atoms with Crippen LogP contribution in [0.4, 0.5) is 10.1 Å². The molecule has 128 valence electrons. The van der Waals surface area contributed by atoms with Gasteiger partial charge in [-0.05, 0) is 60.9 Å². The average Bonchev–Trinajstić information content (AvgIpc) is 3.11. The molecule has 1 atom stereocenters. The SMILES string of the molecule is Cc1ccc(C)c(NC(=O)C[C@H](c2ccc(F)cc2)n2cccc2)c1. The number of benzene rings is 2. The van der Waals surface area contributed by atoms with Crippen LogP contribution in [0.3, 0.4) is 0 Å². The fourth-order valence-corrected chi connectivity index (χ4v) is 2.88. The van der Waals surface area contributed by atoms with E-state index in [4.69, 9.17) is 0 Å².